The Morgan fingerprint density at radius 3 is 2.67 bits per heavy atom. The summed E-state index contributed by atoms with van der Waals surface area (Å²) in [6.07, 6.45) is 6.63. The molecule has 0 unspecified atom stereocenters. The van der Waals surface area contributed by atoms with Crippen LogP contribution in [0.15, 0.2) is 36.4 Å². The number of β-amino-alcohol motifs (C(OH)–C–C–N with tert-alkyl or cyclic N) is 1. The first kappa shape index (κ1) is 16.2. The van der Waals surface area contributed by atoms with Crippen LogP contribution in [-0.4, -0.2) is 48.8 Å². The van der Waals surface area contributed by atoms with E-state index in [-0.39, 0.29) is 6.10 Å². The normalized spacial score (nSPS) is 19.1. The van der Waals surface area contributed by atoms with E-state index < -0.39 is 0 Å². The molecule has 0 spiro atoms. The number of nitrogens with zero attached hydrogens (tertiary/aromatic N) is 1. The van der Waals surface area contributed by atoms with Gasteiger partial charge in [0.2, 0.25) is 0 Å². The van der Waals surface area contributed by atoms with Crippen molar-refractivity contribution >= 4 is 6.08 Å². The molecule has 2 N–H and O–H groups in total. The maximum atomic E-state index is 9.40. The average molecular weight is 288 g/mol. The molecule has 1 heterocycles. The van der Waals surface area contributed by atoms with Crippen LogP contribution < -0.4 is 5.32 Å². The van der Waals surface area contributed by atoms with Gasteiger partial charge in [-0.05, 0) is 50.9 Å². The lowest BCUT2D eigenvalue weighted by Crippen LogP contribution is -2.40. The molecule has 3 heteroatoms. The Kier molecular flexibility index (Phi) is 6.93. The van der Waals surface area contributed by atoms with Gasteiger partial charge in [0.15, 0.2) is 0 Å². The number of benzene rings is 1. The van der Waals surface area contributed by atoms with Crippen LogP contribution in [0.25, 0.3) is 6.08 Å². The highest BCUT2D eigenvalue weighted by Crippen LogP contribution is 2.16. The third-order valence-corrected chi connectivity index (χ3v) is 4.03. The number of piperidine rings is 1. The second kappa shape index (κ2) is 8.98. The van der Waals surface area contributed by atoms with Crippen LogP contribution in [0, 0.1) is 5.92 Å². The van der Waals surface area contributed by atoms with Gasteiger partial charge in [-0.1, -0.05) is 42.5 Å². The standard InChI is InChI=1S/C18H28N2O/c1-16(21)15-20-12-9-18(10-13-20)14-19-11-5-8-17-6-3-2-4-7-17/h2-8,16,18-19,21H,9-15H2,1H3/b8-5+/t16-/m0/s1. The van der Waals surface area contributed by atoms with E-state index in [1.165, 1.54) is 18.4 Å². The summed E-state index contributed by atoms with van der Waals surface area (Å²) in [5, 5.41) is 12.9. The Morgan fingerprint density at radius 1 is 1.29 bits per heavy atom. The molecule has 0 amide bonds. The van der Waals surface area contributed by atoms with Gasteiger partial charge in [-0.2, -0.15) is 0 Å². The van der Waals surface area contributed by atoms with Gasteiger partial charge in [-0.15, -0.1) is 0 Å². The van der Waals surface area contributed by atoms with Gasteiger partial charge in [-0.3, -0.25) is 0 Å². The SMILES string of the molecule is C[C@H](O)CN1CCC(CNC/C=C/c2ccccc2)CC1. The van der Waals surface area contributed by atoms with E-state index in [1.54, 1.807) is 0 Å². The minimum atomic E-state index is -0.206. The molecule has 1 fully saturated rings. The van der Waals surface area contributed by atoms with Crippen molar-refractivity contribution in [3.8, 4) is 0 Å². The third-order valence-electron chi connectivity index (χ3n) is 4.03. The largest absolute Gasteiger partial charge is 0.392 e. The Labute approximate surface area is 128 Å². The van der Waals surface area contributed by atoms with Crippen LogP contribution in [0.1, 0.15) is 25.3 Å². The van der Waals surface area contributed by atoms with Crippen molar-refractivity contribution < 1.29 is 5.11 Å². The number of hydrogen-bond donors (Lipinski definition) is 2. The van der Waals surface area contributed by atoms with Crippen molar-refractivity contribution in [2.24, 2.45) is 5.92 Å². The lowest BCUT2D eigenvalue weighted by atomic mass is 9.96. The zero-order valence-corrected chi connectivity index (χ0v) is 13.0. The molecule has 0 radical (unpaired) electrons. The average Bonchev–Trinajstić information content (AvgIpc) is 2.49. The summed E-state index contributed by atoms with van der Waals surface area (Å²) in [5.74, 6) is 0.778. The van der Waals surface area contributed by atoms with Gasteiger partial charge in [0.25, 0.3) is 0 Å². The molecule has 2 rings (SSSR count). The number of hydrogen-bond acceptors (Lipinski definition) is 3. The Morgan fingerprint density at radius 2 is 2.00 bits per heavy atom. The molecule has 3 nitrogen and oxygen atoms in total. The van der Waals surface area contributed by atoms with Crippen molar-refractivity contribution in [2.75, 3.05) is 32.7 Å². The molecule has 0 saturated carbocycles. The van der Waals surface area contributed by atoms with Crippen LogP contribution in [0.3, 0.4) is 0 Å². The van der Waals surface area contributed by atoms with Gasteiger partial charge in [-0.25, -0.2) is 0 Å². The zero-order valence-electron chi connectivity index (χ0n) is 13.0. The number of rotatable bonds is 7. The number of nitrogens with one attached hydrogen (secondary N) is 1. The number of aliphatic hydroxyl groups is 1. The van der Waals surface area contributed by atoms with E-state index in [2.05, 4.69) is 46.6 Å². The molecular weight excluding hydrogens is 260 g/mol. The van der Waals surface area contributed by atoms with E-state index in [4.69, 9.17) is 0 Å². The molecular formula is C18H28N2O. The fraction of sp³-hybridized carbons (Fsp3) is 0.556. The maximum absolute atomic E-state index is 9.40. The van der Waals surface area contributed by atoms with E-state index in [0.717, 1.165) is 38.6 Å². The van der Waals surface area contributed by atoms with Crippen LogP contribution in [0.4, 0.5) is 0 Å². The van der Waals surface area contributed by atoms with E-state index in [0.29, 0.717) is 0 Å². The van der Waals surface area contributed by atoms with Crippen molar-refractivity contribution in [1.82, 2.24) is 10.2 Å². The third kappa shape index (κ3) is 6.42. The minimum Gasteiger partial charge on any atom is -0.392 e. The molecule has 0 aliphatic carbocycles. The van der Waals surface area contributed by atoms with Gasteiger partial charge in [0.1, 0.15) is 0 Å². The molecule has 1 aromatic rings. The highest BCUT2D eigenvalue weighted by Gasteiger charge is 2.19. The van der Waals surface area contributed by atoms with Crippen LogP contribution >= 0.6 is 0 Å². The molecule has 0 bridgehead atoms. The smallest absolute Gasteiger partial charge is 0.0639 e. The summed E-state index contributed by atoms with van der Waals surface area (Å²) in [6, 6.07) is 10.4. The van der Waals surface area contributed by atoms with Crippen LogP contribution in [0.5, 0.6) is 0 Å². The molecule has 1 atom stereocenters. The highest BCUT2D eigenvalue weighted by molar-refractivity contribution is 5.48. The van der Waals surface area contributed by atoms with E-state index in [9.17, 15) is 5.11 Å². The molecule has 1 aliphatic heterocycles. The van der Waals surface area contributed by atoms with Crippen molar-refractivity contribution in [1.29, 1.82) is 0 Å². The van der Waals surface area contributed by atoms with Crippen LogP contribution in [-0.2, 0) is 0 Å². The molecule has 0 aromatic heterocycles. The fourth-order valence-corrected chi connectivity index (χ4v) is 2.88. The zero-order chi connectivity index (χ0) is 14.9. The second-order valence-electron chi connectivity index (χ2n) is 6.06. The predicted octanol–water partition coefficient (Wildman–Crippen LogP) is 2.38. The molecule has 116 valence electrons. The van der Waals surface area contributed by atoms with E-state index in [1.807, 2.05) is 13.0 Å². The van der Waals surface area contributed by atoms with Gasteiger partial charge in [0, 0.05) is 13.1 Å². The first-order valence-corrected chi connectivity index (χ1v) is 8.07. The Balaban J connectivity index is 1.57. The van der Waals surface area contributed by atoms with Crippen LogP contribution in [0.2, 0.25) is 0 Å². The lowest BCUT2D eigenvalue weighted by Gasteiger charge is -2.32. The maximum Gasteiger partial charge on any atom is 0.0639 e. The van der Waals surface area contributed by atoms with E-state index >= 15 is 0 Å². The monoisotopic (exact) mass is 288 g/mol. The molecule has 21 heavy (non-hydrogen) atoms. The summed E-state index contributed by atoms with van der Waals surface area (Å²) in [6.45, 7) is 6.96. The summed E-state index contributed by atoms with van der Waals surface area (Å²) in [7, 11) is 0. The number of aliphatic hydroxyl groups excluding tert-OH is 1. The molecule has 1 aromatic carbocycles. The molecule has 1 saturated heterocycles. The molecule has 1 aliphatic rings. The Bertz CT molecular complexity index is 408. The number of likely N-dealkylation sites (tertiary alicyclic amines) is 1. The fourth-order valence-electron chi connectivity index (χ4n) is 2.88. The first-order chi connectivity index (χ1) is 10.2. The lowest BCUT2D eigenvalue weighted by molar-refractivity contribution is 0.100. The summed E-state index contributed by atoms with van der Waals surface area (Å²) >= 11 is 0. The van der Waals surface area contributed by atoms with Gasteiger partial charge < -0.3 is 15.3 Å². The predicted molar refractivity (Wildman–Crippen MR) is 89.2 cm³/mol. The topological polar surface area (TPSA) is 35.5 Å². The summed E-state index contributed by atoms with van der Waals surface area (Å²) in [4.78, 5) is 2.37. The van der Waals surface area contributed by atoms with Gasteiger partial charge in [0.05, 0.1) is 6.10 Å². The second-order valence-corrected chi connectivity index (χ2v) is 6.06. The first-order valence-electron chi connectivity index (χ1n) is 8.07. The summed E-state index contributed by atoms with van der Waals surface area (Å²) in [5.41, 5.74) is 1.26. The summed E-state index contributed by atoms with van der Waals surface area (Å²) < 4.78 is 0. The van der Waals surface area contributed by atoms with Crippen molar-refractivity contribution in [2.45, 2.75) is 25.9 Å². The Hall–Kier alpha value is -1.16. The van der Waals surface area contributed by atoms with Crippen molar-refractivity contribution in [3.63, 3.8) is 0 Å². The van der Waals surface area contributed by atoms with Gasteiger partial charge >= 0.3 is 0 Å². The quantitative estimate of drug-likeness (QED) is 0.756. The van der Waals surface area contributed by atoms with Crippen molar-refractivity contribution in [3.05, 3.63) is 42.0 Å². The highest BCUT2D eigenvalue weighted by atomic mass is 16.3. The minimum absolute atomic E-state index is 0.206.